The molecule has 0 aromatic heterocycles. The number of anilines is 1. The lowest BCUT2D eigenvalue weighted by atomic mass is 10.2. The van der Waals surface area contributed by atoms with E-state index in [4.69, 9.17) is 21.6 Å². The van der Waals surface area contributed by atoms with E-state index in [1.807, 2.05) is 6.07 Å². The Labute approximate surface area is 167 Å². The second-order valence-corrected chi connectivity index (χ2v) is 6.23. The van der Waals surface area contributed by atoms with Gasteiger partial charge in [-0.1, -0.05) is 23.7 Å². The van der Waals surface area contributed by atoms with Crippen molar-refractivity contribution in [2.45, 2.75) is 19.4 Å². The Hall–Kier alpha value is -3.37. The summed E-state index contributed by atoms with van der Waals surface area (Å²) in [6.45, 7) is 1.49. The third-order valence-electron chi connectivity index (χ3n) is 3.70. The molecule has 0 saturated heterocycles. The van der Waals surface area contributed by atoms with Crippen LogP contribution in [0.5, 0.6) is 0 Å². The molecule has 144 valence electrons. The summed E-state index contributed by atoms with van der Waals surface area (Å²) in [4.78, 5) is 35.9. The van der Waals surface area contributed by atoms with Gasteiger partial charge in [-0.15, -0.1) is 0 Å². The van der Waals surface area contributed by atoms with Crippen LogP contribution >= 0.6 is 11.6 Å². The summed E-state index contributed by atoms with van der Waals surface area (Å²) < 4.78 is 5.06. The van der Waals surface area contributed by atoms with E-state index >= 15 is 0 Å². The molecule has 0 heterocycles. The number of rotatable bonds is 7. The van der Waals surface area contributed by atoms with Gasteiger partial charge >= 0.3 is 5.97 Å². The van der Waals surface area contributed by atoms with Crippen LogP contribution in [0.4, 0.5) is 5.69 Å². The fraction of sp³-hybridized carbons (Fsp3) is 0.200. The van der Waals surface area contributed by atoms with Crippen molar-refractivity contribution in [3.05, 3.63) is 64.7 Å². The number of ether oxygens (including phenoxy) is 1. The number of halogens is 1. The molecule has 7 nitrogen and oxygen atoms in total. The average Bonchev–Trinajstić information content (AvgIpc) is 2.68. The van der Waals surface area contributed by atoms with Gasteiger partial charge < -0.3 is 15.4 Å². The summed E-state index contributed by atoms with van der Waals surface area (Å²) in [5.41, 5.74) is 1.06. The van der Waals surface area contributed by atoms with Crippen molar-refractivity contribution in [2.75, 3.05) is 11.9 Å². The number of amides is 2. The summed E-state index contributed by atoms with van der Waals surface area (Å²) >= 11 is 5.76. The minimum atomic E-state index is -1.05. The quantitative estimate of drug-likeness (QED) is 0.696. The van der Waals surface area contributed by atoms with E-state index in [-0.39, 0.29) is 18.9 Å². The van der Waals surface area contributed by atoms with Crippen molar-refractivity contribution >= 4 is 35.1 Å². The van der Waals surface area contributed by atoms with Crippen LogP contribution < -0.4 is 10.6 Å². The molecule has 0 radical (unpaired) electrons. The van der Waals surface area contributed by atoms with E-state index in [0.717, 1.165) is 0 Å². The molecule has 0 fully saturated rings. The fourth-order valence-corrected chi connectivity index (χ4v) is 2.34. The highest BCUT2D eigenvalue weighted by Crippen LogP contribution is 2.14. The SMILES string of the molecule is CC(OC(=O)CCNC(=O)c1ccc(Cl)cc1)C(=O)Nc1ccccc1C#N. The fourth-order valence-electron chi connectivity index (χ4n) is 2.22. The third kappa shape index (κ3) is 6.11. The van der Waals surface area contributed by atoms with Gasteiger partial charge in [-0.05, 0) is 43.3 Å². The maximum Gasteiger partial charge on any atom is 0.308 e. The number of hydrogen-bond acceptors (Lipinski definition) is 5. The minimum Gasteiger partial charge on any atom is -0.452 e. The Morgan fingerprint density at radius 3 is 2.50 bits per heavy atom. The summed E-state index contributed by atoms with van der Waals surface area (Å²) in [6, 6.07) is 14.8. The molecule has 1 atom stereocenters. The number of carbonyl (C=O) groups is 3. The molecule has 0 bridgehead atoms. The van der Waals surface area contributed by atoms with Crippen molar-refractivity contribution < 1.29 is 19.1 Å². The highest BCUT2D eigenvalue weighted by Gasteiger charge is 2.19. The highest BCUT2D eigenvalue weighted by molar-refractivity contribution is 6.30. The molecule has 0 spiro atoms. The zero-order valence-corrected chi connectivity index (χ0v) is 15.8. The number of esters is 1. The first kappa shape index (κ1) is 20.9. The number of hydrogen-bond donors (Lipinski definition) is 2. The van der Waals surface area contributed by atoms with Crippen molar-refractivity contribution in [2.24, 2.45) is 0 Å². The van der Waals surface area contributed by atoms with E-state index < -0.39 is 18.0 Å². The van der Waals surface area contributed by atoms with Crippen LogP contribution in [0.25, 0.3) is 0 Å². The Morgan fingerprint density at radius 2 is 1.82 bits per heavy atom. The lowest BCUT2D eigenvalue weighted by Gasteiger charge is -2.14. The molecule has 8 heteroatoms. The smallest absolute Gasteiger partial charge is 0.308 e. The lowest BCUT2D eigenvalue weighted by Crippen LogP contribution is -2.32. The molecule has 2 rings (SSSR count). The van der Waals surface area contributed by atoms with E-state index in [0.29, 0.717) is 21.8 Å². The van der Waals surface area contributed by atoms with Crippen LogP contribution in [-0.4, -0.2) is 30.4 Å². The number of carbonyl (C=O) groups excluding carboxylic acids is 3. The predicted octanol–water partition coefficient (Wildman–Crippen LogP) is 2.90. The molecule has 0 saturated carbocycles. The summed E-state index contributed by atoms with van der Waals surface area (Å²) in [5, 5.41) is 14.7. The van der Waals surface area contributed by atoms with Crippen LogP contribution in [0.15, 0.2) is 48.5 Å². The van der Waals surface area contributed by atoms with Crippen LogP contribution in [0, 0.1) is 11.3 Å². The minimum absolute atomic E-state index is 0.0614. The van der Waals surface area contributed by atoms with E-state index in [1.54, 1.807) is 48.5 Å². The van der Waals surface area contributed by atoms with Crippen molar-refractivity contribution in [1.29, 1.82) is 5.26 Å². The normalized spacial score (nSPS) is 11.0. The van der Waals surface area contributed by atoms with Gasteiger partial charge in [0.25, 0.3) is 11.8 Å². The van der Waals surface area contributed by atoms with Crippen molar-refractivity contribution in [1.82, 2.24) is 5.32 Å². The van der Waals surface area contributed by atoms with E-state index in [9.17, 15) is 14.4 Å². The Morgan fingerprint density at radius 1 is 1.14 bits per heavy atom. The van der Waals surface area contributed by atoms with Gasteiger partial charge in [0.2, 0.25) is 0 Å². The van der Waals surface area contributed by atoms with Crippen LogP contribution in [-0.2, 0) is 14.3 Å². The molecule has 0 aliphatic carbocycles. The van der Waals surface area contributed by atoms with Gasteiger partial charge in [-0.3, -0.25) is 14.4 Å². The maximum atomic E-state index is 12.1. The third-order valence-corrected chi connectivity index (χ3v) is 3.96. The zero-order chi connectivity index (χ0) is 20.5. The van der Waals surface area contributed by atoms with Gasteiger partial charge in [0.05, 0.1) is 17.7 Å². The van der Waals surface area contributed by atoms with Crippen molar-refractivity contribution in [3.8, 4) is 6.07 Å². The van der Waals surface area contributed by atoms with Gasteiger partial charge in [-0.2, -0.15) is 5.26 Å². The number of nitriles is 1. The van der Waals surface area contributed by atoms with Gasteiger partial charge in [0, 0.05) is 17.1 Å². The monoisotopic (exact) mass is 399 g/mol. The second-order valence-electron chi connectivity index (χ2n) is 5.79. The molecule has 2 amide bonds. The van der Waals surface area contributed by atoms with Gasteiger partial charge in [0.1, 0.15) is 6.07 Å². The van der Waals surface area contributed by atoms with E-state index in [2.05, 4.69) is 10.6 Å². The number of para-hydroxylation sites is 1. The first-order chi connectivity index (χ1) is 13.4. The largest absolute Gasteiger partial charge is 0.452 e. The standard InChI is InChI=1S/C20H18ClN3O4/c1-13(19(26)24-17-5-3-2-4-15(17)12-22)28-18(25)10-11-23-20(27)14-6-8-16(21)9-7-14/h2-9,13H,10-11H2,1H3,(H,23,27)(H,24,26). The van der Waals surface area contributed by atoms with Crippen LogP contribution in [0.2, 0.25) is 5.02 Å². The first-order valence-corrected chi connectivity index (χ1v) is 8.81. The van der Waals surface area contributed by atoms with E-state index in [1.165, 1.54) is 6.92 Å². The van der Waals surface area contributed by atoms with Gasteiger partial charge in [0.15, 0.2) is 6.10 Å². The Bertz CT molecular complexity index is 906. The molecule has 2 N–H and O–H groups in total. The topological polar surface area (TPSA) is 108 Å². The molecule has 0 aliphatic heterocycles. The van der Waals surface area contributed by atoms with Crippen molar-refractivity contribution in [3.63, 3.8) is 0 Å². The van der Waals surface area contributed by atoms with Gasteiger partial charge in [-0.25, -0.2) is 0 Å². The highest BCUT2D eigenvalue weighted by atomic mass is 35.5. The van der Waals surface area contributed by atoms with Crippen LogP contribution in [0.1, 0.15) is 29.3 Å². The molecular weight excluding hydrogens is 382 g/mol. The molecule has 0 aliphatic rings. The Balaban J connectivity index is 1.77. The predicted molar refractivity (Wildman–Crippen MR) is 104 cm³/mol. The maximum absolute atomic E-state index is 12.1. The molecule has 2 aromatic carbocycles. The number of nitrogens with one attached hydrogen (secondary N) is 2. The number of nitrogens with zero attached hydrogens (tertiary/aromatic N) is 1. The first-order valence-electron chi connectivity index (χ1n) is 8.44. The summed E-state index contributed by atoms with van der Waals surface area (Å²) in [5.74, 6) is -1.53. The number of benzene rings is 2. The zero-order valence-electron chi connectivity index (χ0n) is 15.1. The molecule has 28 heavy (non-hydrogen) atoms. The molecule has 2 aromatic rings. The Kier molecular flexibility index (Phi) is 7.55. The molecule has 1 unspecified atom stereocenters. The second kappa shape index (κ2) is 10.1. The van der Waals surface area contributed by atoms with Crippen LogP contribution in [0.3, 0.4) is 0 Å². The molecular formula is C20H18ClN3O4. The lowest BCUT2D eigenvalue weighted by molar-refractivity contribution is -0.153. The summed E-state index contributed by atoms with van der Waals surface area (Å²) in [7, 11) is 0. The summed E-state index contributed by atoms with van der Waals surface area (Å²) in [6.07, 6.45) is -1.14. The average molecular weight is 400 g/mol.